The molecule has 7 heteroatoms. The van der Waals surface area contributed by atoms with Crippen LogP contribution in [0.15, 0.2) is 0 Å². The van der Waals surface area contributed by atoms with E-state index in [0.717, 1.165) is 12.8 Å². The lowest BCUT2D eigenvalue weighted by Crippen LogP contribution is -2.56. The maximum atomic E-state index is 12.7. The van der Waals surface area contributed by atoms with Crippen molar-refractivity contribution in [2.45, 2.75) is 66.1 Å². The number of rotatable bonds is 6. The van der Waals surface area contributed by atoms with Crippen LogP contribution in [0.1, 0.15) is 53.9 Å². The zero-order chi connectivity index (χ0) is 18.0. The van der Waals surface area contributed by atoms with Crippen molar-refractivity contribution in [3.63, 3.8) is 0 Å². The molecule has 7 nitrogen and oxygen atoms in total. The molecular weight excluding hydrogens is 298 g/mol. The van der Waals surface area contributed by atoms with Gasteiger partial charge in [-0.05, 0) is 31.1 Å². The number of carbonyl (C=O) groups is 3. The minimum Gasteiger partial charge on any atom is -0.481 e. The van der Waals surface area contributed by atoms with Crippen LogP contribution in [-0.4, -0.2) is 35.1 Å². The first-order valence-electron chi connectivity index (χ1n) is 8.00. The van der Waals surface area contributed by atoms with Gasteiger partial charge in [0.15, 0.2) is 0 Å². The van der Waals surface area contributed by atoms with Gasteiger partial charge in [0.2, 0.25) is 11.8 Å². The standard InChI is InChI=1S/C16H29N3O4/c1-9-6-7-16(5,15(9,3)4)14(23)19-10(2)18-13(22)11(17)8-12(20)21/h9-11H,6-8,17H2,1-5H3,(H,18,22)(H,19,23)(H,20,21)/t9?,10-,11+,16?/m1/s1. The van der Waals surface area contributed by atoms with E-state index in [9.17, 15) is 14.4 Å². The molecule has 0 aromatic rings. The molecule has 0 spiro atoms. The molecule has 23 heavy (non-hydrogen) atoms. The molecule has 0 aliphatic heterocycles. The first-order chi connectivity index (χ1) is 10.4. The smallest absolute Gasteiger partial charge is 0.305 e. The van der Waals surface area contributed by atoms with Crippen LogP contribution in [0.3, 0.4) is 0 Å². The van der Waals surface area contributed by atoms with Crippen LogP contribution in [0.5, 0.6) is 0 Å². The molecule has 2 amide bonds. The van der Waals surface area contributed by atoms with Crippen molar-refractivity contribution in [2.24, 2.45) is 22.5 Å². The van der Waals surface area contributed by atoms with Crippen LogP contribution < -0.4 is 16.4 Å². The molecule has 1 fully saturated rings. The first kappa shape index (κ1) is 19.4. The topological polar surface area (TPSA) is 122 Å². The number of amides is 2. The van der Waals surface area contributed by atoms with Gasteiger partial charge in [-0.1, -0.05) is 27.7 Å². The van der Waals surface area contributed by atoms with Gasteiger partial charge in [-0.2, -0.15) is 0 Å². The molecule has 0 radical (unpaired) electrons. The second-order valence-electron chi connectivity index (χ2n) is 7.40. The van der Waals surface area contributed by atoms with Gasteiger partial charge in [0.1, 0.15) is 0 Å². The highest BCUT2D eigenvalue weighted by atomic mass is 16.4. The lowest BCUT2D eigenvalue weighted by molar-refractivity contribution is -0.140. The maximum absolute atomic E-state index is 12.7. The summed E-state index contributed by atoms with van der Waals surface area (Å²) < 4.78 is 0. The summed E-state index contributed by atoms with van der Waals surface area (Å²) in [5.41, 5.74) is 4.86. The minimum atomic E-state index is -1.14. The summed E-state index contributed by atoms with van der Waals surface area (Å²) in [5, 5.41) is 14.0. The SMILES string of the molecule is CC1CCC(C)(C(=O)N[C@H](C)NC(=O)[C@@H](N)CC(=O)O)C1(C)C. The van der Waals surface area contributed by atoms with Crippen molar-refractivity contribution in [3.8, 4) is 0 Å². The number of carbonyl (C=O) groups excluding carboxylic acids is 2. The van der Waals surface area contributed by atoms with Gasteiger partial charge in [-0.3, -0.25) is 14.4 Å². The third kappa shape index (κ3) is 4.02. The minimum absolute atomic E-state index is 0.105. The van der Waals surface area contributed by atoms with Gasteiger partial charge in [0.25, 0.3) is 0 Å². The fraction of sp³-hybridized carbons (Fsp3) is 0.812. The summed E-state index contributed by atoms with van der Waals surface area (Å²) in [6, 6.07) is -1.13. The van der Waals surface area contributed by atoms with Crippen LogP contribution in [-0.2, 0) is 14.4 Å². The average molecular weight is 327 g/mol. The van der Waals surface area contributed by atoms with E-state index in [1.54, 1.807) is 6.92 Å². The molecule has 132 valence electrons. The molecule has 0 heterocycles. The van der Waals surface area contributed by atoms with E-state index < -0.39 is 35.9 Å². The number of nitrogens with one attached hydrogen (secondary N) is 2. The summed E-state index contributed by atoms with van der Waals surface area (Å²) in [7, 11) is 0. The fourth-order valence-electron chi connectivity index (χ4n) is 3.13. The number of aliphatic carboxylic acids is 1. The molecule has 1 aliphatic rings. The summed E-state index contributed by atoms with van der Waals surface area (Å²) in [5.74, 6) is -1.40. The van der Waals surface area contributed by atoms with E-state index in [2.05, 4.69) is 31.4 Å². The number of carboxylic acid groups (broad SMARTS) is 1. The Morgan fingerprint density at radius 2 is 1.83 bits per heavy atom. The molecule has 0 saturated heterocycles. The molecule has 0 aromatic heterocycles. The van der Waals surface area contributed by atoms with Crippen LogP contribution in [0.2, 0.25) is 0 Å². The third-order valence-electron chi connectivity index (χ3n) is 5.67. The second kappa shape index (κ2) is 6.86. The van der Waals surface area contributed by atoms with Crippen LogP contribution in [0.25, 0.3) is 0 Å². The van der Waals surface area contributed by atoms with Crippen molar-refractivity contribution in [1.82, 2.24) is 10.6 Å². The van der Waals surface area contributed by atoms with E-state index in [4.69, 9.17) is 10.8 Å². The fourth-order valence-corrected chi connectivity index (χ4v) is 3.13. The Morgan fingerprint density at radius 3 is 2.26 bits per heavy atom. The quantitative estimate of drug-likeness (QED) is 0.538. The molecule has 1 saturated carbocycles. The highest BCUT2D eigenvalue weighted by Gasteiger charge is 2.54. The monoisotopic (exact) mass is 327 g/mol. The second-order valence-corrected chi connectivity index (χ2v) is 7.40. The lowest BCUT2D eigenvalue weighted by atomic mass is 9.65. The molecular formula is C16H29N3O4. The predicted octanol–water partition coefficient (Wildman–Crippen LogP) is 0.829. The summed E-state index contributed by atoms with van der Waals surface area (Å²) in [4.78, 5) is 35.0. The Hall–Kier alpha value is -1.63. The largest absolute Gasteiger partial charge is 0.481 e. The van der Waals surface area contributed by atoms with Crippen molar-refractivity contribution < 1.29 is 19.5 Å². The predicted molar refractivity (Wildman–Crippen MR) is 86.3 cm³/mol. The van der Waals surface area contributed by atoms with E-state index in [0.29, 0.717) is 5.92 Å². The number of hydrogen-bond acceptors (Lipinski definition) is 4. The van der Waals surface area contributed by atoms with Crippen molar-refractivity contribution in [3.05, 3.63) is 0 Å². The van der Waals surface area contributed by atoms with Gasteiger partial charge >= 0.3 is 5.97 Å². The van der Waals surface area contributed by atoms with Crippen molar-refractivity contribution in [1.29, 1.82) is 0 Å². The van der Waals surface area contributed by atoms with Gasteiger partial charge in [-0.25, -0.2) is 0 Å². The van der Waals surface area contributed by atoms with Crippen molar-refractivity contribution in [2.75, 3.05) is 0 Å². The van der Waals surface area contributed by atoms with E-state index in [-0.39, 0.29) is 11.3 Å². The molecule has 5 N–H and O–H groups in total. The van der Waals surface area contributed by atoms with Crippen LogP contribution in [0, 0.1) is 16.7 Å². The molecule has 0 bridgehead atoms. The molecule has 1 rings (SSSR count). The molecule has 2 unspecified atom stereocenters. The number of carboxylic acids is 1. The Bertz CT molecular complexity index is 492. The Morgan fingerprint density at radius 1 is 1.26 bits per heavy atom. The van der Waals surface area contributed by atoms with Crippen LogP contribution in [0.4, 0.5) is 0 Å². The number of hydrogen-bond donors (Lipinski definition) is 4. The Labute approximate surface area is 137 Å². The zero-order valence-corrected chi connectivity index (χ0v) is 14.6. The Balaban J connectivity index is 2.64. The van der Waals surface area contributed by atoms with Gasteiger partial charge in [-0.15, -0.1) is 0 Å². The zero-order valence-electron chi connectivity index (χ0n) is 14.6. The summed E-state index contributed by atoms with van der Waals surface area (Å²) in [6.07, 6.45) is 0.723. The molecule has 1 aliphatic carbocycles. The van der Waals surface area contributed by atoms with Gasteiger partial charge in [0, 0.05) is 0 Å². The van der Waals surface area contributed by atoms with E-state index in [1.807, 2.05) is 6.92 Å². The highest BCUT2D eigenvalue weighted by Crippen LogP contribution is 2.55. The van der Waals surface area contributed by atoms with E-state index >= 15 is 0 Å². The van der Waals surface area contributed by atoms with Gasteiger partial charge in [0.05, 0.1) is 24.0 Å². The van der Waals surface area contributed by atoms with Crippen molar-refractivity contribution >= 4 is 17.8 Å². The third-order valence-corrected chi connectivity index (χ3v) is 5.67. The normalized spacial score (nSPS) is 28.7. The van der Waals surface area contributed by atoms with Gasteiger partial charge < -0.3 is 21.5 Å². The average Bonchev–Trinajstić information content (AvgIpc) is 2.62. The molecule has 0 aromatic carbocycles. The molecule has 4 atom stereocenters. The van der Waals surface area contributed by atoms with Crippen LogP contribution >= 0.6 is 0 Å². The number of nitrogens with two attached hydrogens (primary N) is 1. The highest BCUT2D eigenvalue weighted by molar-refractivity contribution is 5.87. The van der Waals surface area contributed by atoms with E-state index in [1.165, 1.54) is 0 Å². The summed E-state index contributed by atoms with van der Waals surface area (Å²) >= 11 is 0. The first-order valence-corrected chi connectivity index (χ1v) is 8.00. The maximum Gasteiger partial charge on any atom is 0.305 e. The lowest BCUT2D eigenvalue weighted by Gasteiger charge is -2.40. The summed E-state index contributed by atoms with van der Waals surface area (Å²) in [6.45, 7) is 9.93. The Kier molecular flexibility index (Phi) is 5.79.